The van der Waals surface area contributed by atoms with Gasteiger partial charge in [-0.15, -0.1) is 0 Å². The number of nitrogens with one attached hydrogen (secondary N) is 1. The average molecular weight is 249 g/mol. The first-order valence-electron chi connectivity index (χ1n) is 5.31. The van der Waals surface area contributed by atoms with Crippen molar-refractivity contribution in [1.82, 2.24) is 9.97 Å². The van der Waals surface area contributed by atoms with Gasteiger partial charge in [0.1, 0.15) is 0 Å². The van der Waals surface area contributed by atoms with Crippen LogP contribution >= 0.6 is 0 Å². The van der Waals surface area contributed by atoms with Gasteiger partial charge in [0, 0.05) is 32.2 Å². The number of aromatic nitrogens is 2. The zero-order chi connectivity index (χ0) is 12.3. The Hall–Kier alpha value is -1.62. The number of rotatable bonds is 4. The molecule has 2 rings (SSSR count). The van der Waals surface area contributed by atoms with Gasteiger partial charge < -0.3 is 9.88 Å². The molecule has 0 spiro atoms. The van der Waals surface area contributed by atoms with Crippen molar-refractivity contribution in [2.45, 2.75) is 10.9 Å². The second-order valence-corrected chi connectivity index (χ2v) is 5.31. The van der Waals surface area contributed by atoms with Crippen LogP contribution in [0.25, 0.3) is 0 Å². The number of H-pyrrole nitrogens is 1. The molecule has 0 aliphatic carbocycles. The Morgan fingerprint density at radius 2 is 2.24 bits per heavy atom. The van der Waals surface area contributed by atoms with E-state index in [1.54, 1.807) is 12.4 Å². The number of imidazole rings is 1. The highest BCUT2D eigenvalue weighted by atomic mass is 32.2. The van der Waals surface area contributed by atoms with Gasteiger partial charge in [0.05, 0.1) is 16.6 Å². The normalized spacial score (nSPS) is 12.4. The number of aromatic amines is 1. The number of benzene rings is 1. The molecule has 17 heavy (non-hydrogen) atoms. The summed E-state index contributed by atoms with van der Waals surface area (Å²) in [5.74, 6) is 0.481. The molecule has 1 aromatic heterocycles. The maximum atomic E-state index is 12.0. The Morgan fingerprint density at radius 1 is 1.41 bits per heavy atom. The summed E-state index contributed by atoms with van der Waals surface area (Å²) in [4.78, 5) is 8.90. The van der Waals surface area contributed by atoms with Crippen molar-refractivity contribution in [3.05, 3.63) is 42.2 Å². The molecule has 90 valence electrons. The molecule has 0 bridgehead atoms. The van der Waals surface area contributed by atoms with Gasteiger partial charge in [0.25, 0.3) is 0 Å². The number of hydrogen-bond acceptors (Lipinski definition) is 3. The van der Waals surface area contributed by atoms with Crippen LogP contribution in [0.5, 0.6) is 0 Å². The summed E-state index contributed by atoms with van der Waals surface area (Å²) in [6.45, 7) is 0. The number of anilines is 1. The molecule has 0 saturated heterocycles. The summed E-state index contributed by atoms with van der Waals surface area (Å²) in [6.07, 6.45) is 3.30. The van der Waals surface area contributed by atoms with Crippen LogP contribution < -0.4 is 4.90 Å². The Morgan fingerprint density at radius 3 is 2.88 bits per heavy atom. The monoisotopic (exact) mass is 249 g/mol. The van der Waals surface area contributed by atoms with Crippen LogP contribution in [-0.4, -0.2) is 28.3 Å². The van der Waals surface area contributed by atoms with Gasteiger partial charge in [0.15, 0.2) is 5.16 Å². The molecule has 0 radical (unpaired) electrons. The van der Waals surface area contributed by atoms with Crippen molar-refractivity contribution in [2.75, 3.05) is 19.0 Å². The van der Waals surface area contributed by atoms with E-state index in [4.69, 9.17) is 0 Å². The highest BCUT2D eigenvalue weighted by Crippen LogP contribution is 2.16. The van der Waals surface area contributed by atoms with Gasteiger partial charge in [-0.2, -0.15) is 0 Å². The minimum absolute atomic E-state index is 0.481. The largest absolute Gasteiger partial charge is 0.378 e. The molecule has 1 heterocycles. The molecule has 0 aliphatic rings. The van der Waals surface area contributed by atoms with E-state index in [2.05, 4.69) is 9.97 Å². The van der Waals surface area contributed by atoms with E-state index >= 15 is 0 Å². The molecular formula is C12H15N3OS. The Balaban J connectivity index is 2.14. The second-order valence-electron chi connectivity index (χ2n) is 3.95. The van der Waals surface area contributed by atoms with Crippen molar-refractivity contribution >= 4 is 16.5 Å². The van der Waals surface area contributed by atoms with Crippen molar-refractivity contribution < 1.29 is 4.21 Å². The fraction of sp³-hybridized carbons (Fsp3) is 0.250. The lowest BCUT2D eigenvalue weighted by Gasteiger charge is -2.13. The summed E-state index contributed by atoms with van der Waals surface area (Å²) in [5.41, 5.74) is 2.16. The quantitative estimate of drug-likeness (QED) is 0.898. The lowest BCUT2D eigenvalue weighted by atomic mass is 10.2. The maximum Gasteiger partial charge on any atom is 0.196 e. The van der Waals surface area contributed by atoms with Crippen LogP contribution in [0.3, 0.4) is 0 Å². The lowest BCUT2D eigenvalue weighted by Crippen LogP contribution is -2.09. The third-order valence-electron chi connectivity index (χ3n) is 2.41. The standard InChI is InChI=1S/C12H15N3OS/c1-15(2)11-5-3-4-10(8-11)9-17(16)12-13-6-7-14-12/h3-8H,9H2,1-2H3,(H,13,14). The van der Waals surface area contributed by atoms with Gasteiger partial charge in [-0.25, -0.2) is 4.98 Å². The highest BCUT2D eigenvalue weighted by Gasteiger charge is 2.07. The maximum absolute atomic E-state index is 12.0. The van der Waals surface area contributed by atoms with Crippen molar-refractivity contribution in [1.29, 1.82) is 0 Å². The average Bonchev–Trinajstić information content (AvgIpc) is 2.82. The first kappa shape index (κ1) is 11.9. The predicted octanol–water partition coefficient (Wildman–Crippen LogP) is 1.78. The van der Waals surface area contributed by atoms with E-state index in [-0.39, 0.29) is 0 Å². The van der Waals surface area contributed by atoms with Gasteiger partial charge in [-0.05, 0) is 17.7 Å². The van der Waals surface area contributed by atoms with Crippen molar-refractivity contribution in [3.8, 4) is 0 Å². The van der Waals surface area contributed by atoms with Crippen molar-refractivity contribution in [2.24, 2.45) is 0 Å². The number of hydrogen-bond donors (Lipinski definition) is 1. The summed E-state index contributed by atoms with van der Waals surface area (Å²) in [6, 6.07) is 8.03. The van der Waals surface area contributed by atoms with E-state index in [0.29, 0.717) is 10.9 Å². The zero-order valence-electron chi connectivity index (χ0n) is 9.88. The Labute approximate surface area is 103 Å². The van der Waals surface area contributed by atoms with Gasteiger partial charge in [0.2, 0.25) is 0 Å². The smallest absolute Gasteiger partial charge is 0.196 e. The lowest BCUT2D eigenvalue weighted by molar-refractivity contribution is 0.677. The topological polar surface area (TPSA) is 49.0 Å². The fourth-order valence-corrected chi connectivity index (χ4v) is 2.52. The number of nitrogens with zero attached hydrogens (tertiary/aromatic N) is 2. The summed E-state index contributed by atoms with van der Waals surface area (Å²) in [5, 5.41) is 0.528. The van der Waals surface area contributed by atoms with E-state index in [1.165, 1.54) is 0 Å². The van der Waals surface area contributed by atoms with Gasteiger partial charge >= 0.3 is 0 Å². The van der Waals surface area contributed by atoms with Crippen molar-refractivity contribution in [3.63, 3.8) is 0 Å². The molecule has 1 N–H and O–H groups in total. The molecule has 0 amide bonds. The molecule has 5 heteroatoms. The third-order valence-corrected chi connectivity index (χ3v) is 3.66. The van der Waals surface area contributed by atoms with Crippen LogP contribution in [0.15, 0.2) is 41.8 Å². The first-order chi connectivity index (χ1) is 8.16. The minimum atomic E-state index is -1.11. The molecule has 0 saturated carbocycles. The SMILES string of the molecule is CN(C)c1cccc(CS(=O)c2ncc[nH]2)c1. The van der Waals surface area contributed by atoms with E-state index < -0.39 is 10.8 Å². The molecule has 1 atom stereocenters. The summed E-state index contributed by atoms with van der Waals surface area (Å²) < 4.78 is 12.0. The molecule has 4 nitrogen and oxygen atoms in total. The van der Waals surface area contributed by atoms with Gasteiger partial charge in [-0.3, -0.25) is 4.21 Å². The van der Waals surface area contributed by atoms with Crippen LogP contribution in [0, 0.1) is 0 Å². The molecule has 1 unspecified atom stereocenters. The fourth-order valence-electron chi connectivity index (χ4n) is 1.52. The predicted molar refractivity (Wildman–Crippen MR) is 69.5 cm³/mol. The van der Waals surface area contributed by atoms with E-state index in [1.807, 2.05) is 43.3 Å². The van der Waals surface area contributed by atoms with E-state index in [9.17, 15) is 4.21 Å². The van der Waals surface area contributed by atoms with E-state index in [0.717, 1.165) is 11.3 Å². The first-order valence-corrected chi connectivity index (χ1v) is 6.63. The molecule has 0 aliphatic heterocycles. The van der Waals surface area contributed by atoms with Crippen LogP contribution in [0.4, 0.5) is 5.69 Å². The van der Waals surface area contributed by atoms with Crippen LogP contribution in [-0.2, 0) is 16.6 Å². The molecule has 2 aromatic rings. The highest BCUT2D eigenvalue weighted by molar-refractivity contribution is 7.84. The molecule has 1 aromatic carbocycles. The van der Waals surface area contributed by atoms with Crippen LogP contribution in [0.1, 0.15) is 5.56 Å². The third kappa shape index (κ3) is 2.94. The Bertz CT molecular complexity index is 508. The summed E-state index contributed by atoms with van der Waals surface area (Å²) in [7, 11) is 2.87. The zero-order valence-corrected chi connectivity index (χ0v) is 10.7. The Kier molecular flexibility index (Phi) is 3.58. The minimum Gasteiger partial charge on any atom is -0.378 e. The molecular weight excluding hydrogens is 234 g/mol. The van der Waals surface area contributed by atoms with Gasteiger partial charge in [-0.1, -0.05) is 12.1 Å². The molecule has 0 fully saturated rings. The second kappa shape index (κ2) is 5.14. The van der Waals surface area contributed by atoms with Crippen LogP contribution in [0.2, 0.25) is 0 Å². The summed E-state index contributed by atoms with van der Waals surface area (Å²) >= 11 is 0.